The molecule has 0 atom stereocenters. The first-order valence-corrected chi connectivity index (χ1v) is 11.2. The van der Waals surface area contributed by atoms with Crippen LogP contribution in [0.2, 0.25) is 0 Å². The summed E-state index contributed by atoms with van der Waals surface area (Å²) >= 11 is 0. The lowest BCUT2D eigenvalue weighted by Gasteiger charge is -2.17. The van der Waals surface area contributed by atoms with E-state index >= 15 is 0 Å². The van der Waals surface area contributed by atoms with Gasteiger partial charge in [-0.1, -0.05) is 54.4 Å². The first-order chi connectivity index (χ1) is 13.2. The lowest BCUT2D eigenvalue weighted by molar-refractivity contribution is -0.697. The Morgan fingerprint density at radius 2 is 0.786 bits per heavy atom. The zero-order chi connectivity index (χ0) is 20.6. The molecule has 0 aliphatic rings. The van der Waals surface area contributed by atoms with Gasteiger partial charge in [0.15, 0.2) is 24.8 Å². The van der Waals surface area contributed by atoms with Crippen molar-refractivity contribution in [1.82, 2.24) is 0 Å². The van der Waals surface area contributed by atoms with Crippen molar-refractivity contribution in [2.24, 2.45) is 0 Å². The van der Waals surface area contributed by atoms with Crippen LogP contribution in [-0.4, -0.2) is 0 Å². The average Bonchev–Trinajstić information content (AvgIpc) is 2.63. The minimum absolute atomic E-state index is 0.242. The van der Waals surface area contributed by atoms with E-state index in [9.17, 15) is 0 Å². The zero-order valence-corrected chi connectivity index (χ0v) is 19.2. The quantitative estimate of drug-likeness (QED) is 0.377. The van der Waals surface area contributed by atoms with Gasteiger partial charge in [0.25, 0.3) is 0 Å². The Hall–Kier alpha value is -1.70. The van der Waals surface area contributed by atoms with Gasteiger partial charge in [0.2, 0.25) is 0 Å². The van der Waals surface area contributed by atoms with E-state index in [1.807, 2.05) is 0 Å². The number of unbranched alkanes of at least 4 members (excludes halogenated alkanes) is 5. The third-order valence-corrected chi connectivity index (χ3v) is 5.60. The van der Waals surface area contributed by atoms with E-state index in [1.54, 1.807) is 0 Å². The van der Waals surface area contributed by atoms with Crippen molar-refractivity contribution in [3.05, 3.63) is 60.2 Å². The van der Waals surface area contributed by atoms with E-state index < -0.39 is 0 Å². The maximum atomic E-state index is 2.33. The van der Waals surface area contributed by atoms with Crippen molar-refractivity contribution < 1.29 is 9.13 Å². The summed E-state index contributed by atoms with van der Waals surface area (Å²) in [5.41, 5.74) is 3.31. The maximum absolute atomic E-state index is 2.33. The molecule has 2 aromatic heterocycles. The summed E-state index contributed by atoms with van der Waals surface area (Å²) < 4.78 is 4.65. The molecule has 0 fully saturated rings. The van der Waals surface area contributed by atoms with Crippen molar-refractivity contribution >= 4 is 0 Å². The van der Waals surface area contributed by atoms with Crippen LogP contribution in [0.5, 0.6) is 0 Å². The molecule has 2 heteroatoms. The molecule has 28 heavy (non-hydrogen) atoms. The lowest BCUT2D eigenvalue weighted by Crippen LogP contribution is -2.33. The fraction of sp³-hybridized carbons (Fsp3) is 0.615. The summed E-state index contributed by atoms with van der Waals surface area (Å²) in [5, 5.41) is 0. The van der Waals surface area contributed by atoms with Crippen LogP contribution in [0.25, 0.3) is 0 Å². The van der Waals surface area contributed by atoms with Crippen LogP contribution < -0.4 is 9.13 Å². The second-order valence-corrected chi connectivity index (χ2v) is 10.3. The molecule has 0 aliphatic heterocycles. The Bertz CT molecular complexity index is 622. The second-order valence-electron chi connectivity index (χ2n) is 10.3. The predicted octanol–water partition coefficient (Wildman–Crippen LogP) is 5.90. The summed E-state index contributed by atoms with van der Waals surface area (Å²) in [6.45, 7) is 15.9. The monoisotopic (exact) mass is 382 g/mol. The SMILES string of the molecule is CC(C)(C)c1cc[n+](CCCCCCCC[n+]2ccc(C(C)(C)C)cc2)cc1. The van der Waals surface area contributed by atoms with Crippen molar-refractivity contribution in [2.45, 2.75) is 104 Å². The Morgan fingerprint density at radius 1 is 0.500 bits per heavy atom. The van der Waals surface area contributed by atoms with Gasteiger partial charge in [-0.05, 0) is 34.8 Å². The maximum Gasteiger partial charge on any atom is 0.169 e. The van der Waals surface area contributed by atoms with Crippen molar-refractivity contribution in [1.29, 1.82) is 0 Å². The first kappa shape index (κ1) is 22.6. The Morgan fingerprint density at radius 3 is 1.07 bits per heavy atom. The van der Waals surface area contributed by atoms with Gasteiger partial charge in [-0.15, -0.1) is 0 Å². The zero-order valence-electron chi connectivity index (χ0n) is 19.2. The molecule has 0 radical (unpaired) electrons. The number of nitrogens with zero attached hydrogens (tertiary/aromatic N) is 2. The molecule has 0 amide bonds. The molecule has 2 nitrogen and oxygen atoms in total. The van der Waals surface area contributed by atoms with Gasteiger partial charge in [0.05, 0.1) is 0 Å². The van der Waals surface area contributed by atoms with Gasteiger partial charge in [-0.25, -0.2) is 9.13 Å². The Kier molecular flexibility index (Phi) is 8.22. The molecule has 154 valence electrons. The van der Waals surface area contributed by atoms with Crippen LogP contribution in [0.3, 0.4) is 0 Å². The summed E-state index contributed by atoms with van der Waals surface area (Å²) in [4.78, 5) is 0. The van der Waals surface area contributed by atoms with Gasteiger partial charge in [0.1, 0.15) is 13.1 Å². The summed E-state index contributed by atoms with van der Waals surface area (Å²) in [6, 6.07) is 9.08. The summed E-state index contributed by atoms with van der Waals surface area (Å²) in [7, 11) is 0. The van der Waals surface area contributed by atoms with Gasteiger partial charge in [-0.2, -0.15) is 0 Å². The third kappa shape index (κ3) is 7.73. The molecule has 0 bridgehead atoms. The van der Waals surface area contributed by atoms with Crippen molar-refractivity contribution in [2.75, 3.05) is 0 Å². The van der Waals surface area contributed by atoms with Crippen molar-refractivity contribution in [3.8, 4) is 0 Å². The van der Waals surface area contributed by atoms with E-state index in [4.69, 9.17) is 0 Å². The highest BCUT2D eigenvalue weighted by atomic mass is 14.9. The average molecular weight is 383 g/mol. The van der Waals surface area contributed by atoms with Gasteiger partial charge in [-0.3, -0.25) is 0 Å². The van der Waals surface area contributed by atoms with E-state index in [0.29, 0.717) is 0 Å². The minimum atomic E-state index is 0.242. The highest BCUT2D eigenvalue weighted by Crippen LogP contribution is 2.21. The van der Waals surface area contributed by atoms with Crippen molar-refractivity contribution in [3.63, 3.8) is 0 Å². The van der Waals surface area contributed by atoms with Gasteiger partial charge in [0, 0.05) is 37.1 Å². The highest BCUT2D eigenvalue weighted by Gasteiger charge is 2.15. The molecule has 2 aromatic rings. The number of aromatic nitrogens is 2. The fourth-order valence-electron chi connectivity index (χ4n) is 3.51. The molecule has 0 saturated carbocycles. The molecule has 0 aliphatic carbocycles. The summed E-state index contributed by atoms with van der Waals surface area (Å²) in [6.07, 6.45) is 16.9. The van der Waals surface area contributed by atoms with Gasteiger partial charge >= 0.3 is 0 Å². The molecule has 2 rings (SSSR count). The Labute approximate surface area is 173 Å². The molecule has 0 unspecified atom stereocenters. The molecule has 0 aromatic carbocycles. The van der Waals surface area contributed by atoms with E-state index in [1.165, 1.54) is 49.7 Å². The van der Waals surface area contributed by atoms with Gasteiger partial charge < -0.3 is 0 Å². The smallest absolute Gasteiger partial charge is 0.169 e. The van der Waals surface area contributed by atoms with Crippen LogP contribution in [0, 0.1) is 0 Å². The Balaban J connectivity index is 1.55. The standard InChI is InChI=1S/C26H42N2/c1-25(2,3)23-13-19-27(20-14-23)17-11-9-7-8-10-12-18-28-21-15-24(16-22-28)26(4,5)6/h13-16,19-22H,7-12,17-18H2,1-6H3/q+2. The second kappa shape index (κ2) is 10.2. The number of hydrogen-bond acceptors (Lipinski definition) is 0. The van der Waals surface area contributed by atoms with E-state index in [0.717, 1.165) is 13.1 Å². The normalized spacial score (nSPS) is 12.4. The van der Waals surface area contributed by atoms with E-state index in [-0.39, 0.29) is 10.8 Å². The predicted molar refractivity (Wildman–Crippen MR) is 118 cm³/mol. The van der Waals surface area contributed by atoms with Crippen LogP contribution >= 0.6 is 0 Å². The molecule has 0 spiro atoms. The molecular formula is C26H42N2+2. The van der Waals surface area contributed by atoms with E-state index in [2.05, 4.69) is 99.7 Å². The molecule has 0 N–H and O–H groups in total. The largest absolute Gasteiger partial charge is 0.205 e. The summed E-state index contributed by atoms with van der Waals surface area (Å²) in [5.74, 6) is 0. The molecular weight excluding hydrogens is 340 g/mol. The molecule has 0 saturated heterocycles. The number of hydrogen-bond donors (Lipinski definition) is 0. The lowest BCUT2D eigenvalue weighted by atomic mass is 9.88. The van der Waals surface area contributed by atoms with Crippen LogP contribution in [0.15, 0.2) is 49.1 Å². The first-order valence-electron chi connectivity index (χ1n) is 11.2. The third-order valence-electron chi connectivity index (χ3n) is 5.60. The number of pyridine rings is 2. The van der Waals surface area contributed by atoms with Crippen LogP contribution in [-0.2, 0) is 23.9 Å². The molecule has 2 heterocycles. The number of aryl methyl sites for hydroxylation is 2. The topological polar surface area (TPSA) is 7.76 Å². The number of rotatable bonds is 9. The highest BCUT2D eigenvalue weighted by molar-refractivity contribution is 5.18. The minimum Gasteiger partial charge on any atom is -0.205 e. The van der Waals surface area contributed by atoms with Crippen LogP contribution in [0.1, 0.15) is 91.2 Å². The fourth-order valence-corrected chi connectivity index (χ4v) is 3.51. The van der Waals surface area contributed by atoms with Crippen LogP contribution in [0.4, 0.5) is 0 Å².